The third kappa shape index (κ3) is 6.31. The van der Waals surface area contributed by atoms with Crippen LogP contribution in [-0.2, 0) is 29.6 Å². The predicted molar refractivity (Wildman–Crippen MR) is 113 cm³/mol. The molecule has 1 heterocycles. The monoisotopic (exact) mass is 390 g/mol. The third-order valence-electron chi connectivity index (χ3n) is 4.59. The zero-order valence-corrected chi connectivity index (χ0v) is 16.9. The first kappa shape index (κ1) is 20.3. The van der Waals surface area contributed by atoms with Gasteiger partial charge in [-0.3, -0.25) is 9.48 Å². The highest BCUT2D eigenvalue weighted by atomic mass is 16.6. The van der Waals surface area contributed by atoms with E-state index in [2.05, 4.69) is 22.4 Å². The summed E-state index contributed by atoms with van der Waals surface area (Å²) in [6, 6.07) is 20.1. The number of aryl methyl sites for hydroxylation is 1. The van der Waals surface area contributed by atoms with Gasteiger partial charge in [-0.15, -0.1) is 0 Å². The van der Waals surface area contributed by atoms with Gasteiger partial charge in [-0.05, 0) is 24.5 Å². The van der Waals surface area contributed by atoms with Gasteiger partial charge in [-0.25, -0.2) is 0 Å². The number of carbonyl (C=O) groups is 1. The topological polar surface area (TPSA) is 59.7 Å². The van der Waals surface area contributed by atoms with Crippen LogP contribution in [-0.4, -0.2) is 39.5 Å². The van der Waals surface area contributed by atoms with E-state index in [-0.39, 0.29) is 12.5 Å². The molecular formula is C23H26N4O2. The minimum absolute atomic E-state index is 0.0903. The fraction of sp³-hybridized carbons (Fsp3) is 0.261. The molecule has 150 valence electrons. The molecule has 0 radical (unpaired) electrons. The van der Waals surface area contributed by atoms with E-state index in [1.807, 2.05) is 73.6 Å². The molecule has 0 saturated carbocycles. The normalized spacial score (nSPS) is 11.3. The smallest absolute Gasteiger partial charge is 0.263 e. The molecule has 0 N–H and O–H groups in total. The summed E-state index contributed by atoms with van der Waals surface area (Å²) < 4.78 is 1.70. The summed E-state index contributed by atoms with van der Waals surface area (Å²) in [6.45, 7) is 2.89. The van der Waals surface area contributed by atoms with Crippen LogP contribution in [0.4, 0.5) is 0 Å². The second-order valence-electron chi connectivity index (χ2n) is 6.89. The van der Waals surface area contributed by atoms with Crippen molar-refractivity contribution in [2.75, 3.05) is 13.2 Å². The summed E-state index contributed by atoms with van der Waals surface area (Å²) >= 11 is 0. The lowest BCUT2D eigenvalue weighted by Crippen LogP contribution is -2.35. The highest BCUT2D eigenvalue weighted by Crippen LogP contribution is 2.08. The van der Waals surface area contributed by atoms with Gasteiger partial charge in [0, 0.05) is 31.9 Å². The van der Waals surface area contributed by atoms with E-state index in [1.54, 1.807) is 10.9 Å². The lowest BCUT2D eigenvalue weighted by atomic mass is 10.1. The Balaban J connectivity index is 1.61. The van der Waals surface area contributed by atoms with Crippen LogP contribution in [0.5, 0.6) is 0 Å². The fourth-order valence-electron chi connectivity index (χ4n) is 2.94. The Kier molecular flexibility index (Phi) is 7.16. The van der Waals surface area contributed by atoms with Crippen molar-refractivity contribution in [3.05, 3.63) is 89.7 Å². The molecule has 0 saturated heterocycles. The summed E-state index contributed by atoms with van der Waals surface area (Å²) in [4.78, 5) is 20.0. The molecule has 3 rings (SSSR count). The van der Waals surface area contributed by atoms with E-state index in [1.165, 1.54) is 5.56 Å². The van der Waals surface area contributed by atoms with Crippen LogP contribution in [0, 0.1) is 0 Å². The second kappa shape index (κ2) is 10.2. The Morgan fingerprint density at radius 1 is 1.07 bits per heavy atom. The van der Waals surface area contributed by atoms with Gasteiger partial charge in [-0.2, -0.15) is 5.10 Å². The molecule has 0 bridgehead atoms. The molecule has 6 heteroatoms. The Labute approximate surface area is 171 Å². The van der Waals surface area contributed by atoms with Crippen molar-refractivity contribution >= 4 is 11.6 Å². The van der Waals surface area contributed by atoms with Crippen LogP contribution in [0.15, 0.2) is 78.2 Å². The number of benzene rings is 2. The molecule has 0 atom stereocenters. The predicted octanol–water partition coefficient (Wildman–Crippen LogP) is 3.43. The largest absolute Gasteiger partial charge is 0.385 e. The van der Waals surface area contributed by atoms with Crippen molar-refractivity contribution in [2.45, 2.75) is 19.9 Å². The molecule has 29 heavy (non-hydrogen) atoms. The molecule has 0 aliphatic heterocycles. The number of rotatable bonds is 9. The average molecular weight is 390 g/mol. The number of amides is 1. The first-order valence-electron chi connectivity index (χ1n) is 9.63. The molecule has 0 aliphatic carbocycles. The molecule has 1 amide bonds. The number of aromatic nitrogens is 2. The third-order valence-corrected chi connectivity index (χ3v) is 4.59. The van der Waals surface area contributed by atoms with Gasteiger partial charge in [0.05, 0.1) is 11.9 Å². The summed E-state index contributed by atoms with van der Waals surface area (Å²) in [6.07, 6.45) is 4.36. The van der Waals surface area contributed by atoms with Crippen molar-refractivity contribution in [1.82, 2.24) is 14.7 Å². The van der Waals surface area contributed by atoms with E-state index in [0.29, 0.717) is 18.8 Å². The van der Waals surface area contributed by atoms with E-state index in [4.69, 9.17) is 4.84 Å². The van der Waals surface area contributed by atoms with Crippen LogP contribution in [0.1, 0.15) is 23.6 Å². The van der Waals surface area contributed by atoms with Crippen LogP contribution < -0.4 is 0 Å². The number of hydrogen-bond donors (Lipinski definition) is 0. The Hall–Kier alpha value is -3.41. The minimum atomic E-state index is -0.0980. The van der Waals surface area contributed by atoms with Crippen molar-refractivity contribution in [1.29, 1.82) is 0 Å². The van der Waals surface area contributed by atoms with E-state index in [0.717, 1.165) is 17.5 Å². The van der Waals surface area contributed by atoms with E-state index in [9.17, 15) is 4.79 Å². The van der Waals surface area contributed by atoms with Crippen LogP contribution in [0.2, 0.25) is 0 Å². The molecular weight excluding hydrogens is 364 g/mol. The lowest BCUT2D eigenvalue weighted by molar-refractivity contribution is -0.136. The number of oxime groups is 1. The quantitative estimate of drug-likeness (QED) is 0.415. The van der Waals surface area contributed by atoms with Crippen LogP contribution in [0.3, 0.4) is 0 Å². The second-order valence-corrected chi connectivity index (χ2v) is 6.89. The van der Waals surface area contributed by atoms with Crippen LogP contribution in [0.25, 0.3) is 0 Å². The lowest BCUT2D eigenvalue weighted by Gasteiger charge is -2.22. The summed E-state index contributed by atoms with van der Waals surface area (Å²) in [5.74, 6) is -0.0903. The minimum Gasteiger partial charge on any atom is -0.385 e. The first-order chi connectivity index (χ1) is 14.1. The van der Waals surface area contributed by atoms with Crippen molar-refractivity contribution in [3.8, 4) is 0 Å². The highest BCUT2D eigenvalue weighted by Gasteiger charge is 2.15. The standard InChI is InChI=1S/C23H26N4O2/c1-19(22-15-24-26(2)17-22)25-29-18-23(28)27(16-21-11-7-4-8-12-21)14-13-20-9-5-3-6-10-20/h3-12,15,17H,13-14,16,18H2,1-2H3/b25-19-. The maximum absolute atomic E-state index is 12.8. The van der Waals surface area contributed by atoms with Crippen molar-refractivity contribution in [3.63, 3.8) is 0 Å². The molecule has 0 aliphatic rings. The van der Waals surface area contributed by atoms with Crippen LogP contribution >= 0.6 is 0 Å². The summed E-state index contributed by atoms with van der Waals surface area (Å²) in [5, 5.41) is 8.19. The van der Waals surface area contributed by atoms with E-state index >= 15 is 0 Å². The van der Waals surface area contributed by atoms with Gasteiger partial charge in [0.2, 0.25) is 0 Å². The Morgan fingerprint density at radius 3 is 2.34 bits per heavy atom. The number of nitrogens with zero attached hydrogens (tertiary/aromatic N) is 4. The van der Waals surface area contributed by atoms with Gasteiger partial charge in [0.1, 0.15) is 0 Å². The number of hydrogen-bond acceptors (Lipinski definition) is 4. The summed E-state index contributed by atoms with van der Waals surface area (Å²) in [7, 11) is 1.84. The Morgan fingerprint density at radius 2 is 1.72 bits per heavy atom. The molecule has 3 aromatic rings. The maximum Gasteiger partial charge on any atom is 0.263 e. The van der Waals surface area contributed by atoms with Gasteiger partial charge in [0.15, 0.2) is 6.61 Å². The molecule has 0 fully saturated rings. The molecule has 6 nitrogen and oxygen atoms in total. The highest BCUT2D eigenvalue weighted by molar-refractivity contribution is 5.97. The Bertz CT molecular complexity index is 936. The average Bonchev–Trinajstić information content (AvgIpc) is 3.19. The van der Waals surface area contributed by atoms with Crippen molar-refractivity contribution in [2.24, 2.45) is 12.2 Å². The SMILES string of the molecule is C/C(=N/OCC(=O)N(CCc1ccccc1)Cc1ccccc1)c1cnn(C)c1. The van der Waals surface area contributed by atoms with Gasteiger partial charge in [0.25, 0.3) is 5.91 Å². The number of carbonyl (C=O) groups excluding carboxylic acids is 1. The van der Waals surface area contributed by atoms with E-state index < -0.39 is 0 Å². The van der Waals surface area contributed by atoms with Gasteiger partial charge >= 0.3 is 0 Å². The molecule has 1 aromatic heterocycles. The van der Waals surface area contributed by atoms with Crippen molar-refractivity contribution < 1.29 is 9.63 Å². The first-order valence-corrected chi connectivity index (χ1v) is 9.63. The van der Waals surface area contributed by atoms with Gasteiger partial charge in [-0.1, -0.05) is 65.8 Å². The maximum atomic E-state index is 12.8. The molecule has 0 unspecified atom stereocenters. The fourth-order valence-corrected chi connectivity index (χ4v) is 2.94. The summed E-state index contributed by atoms with van der Waals surface area (Å²) in [5.41, 5.74) is 3.84. The molecule has 0 spiro atoms. The molecule has 2 aromatic carbocycles. The zero-order valence-electron chi connectivity index (χ0n) is 16.9. The zero-order chi connectivity index (χ0) is 20.5. The van der Waals surface area contributed by atoms with Gasteiger partial charge < -0.3 is 9.74 Å².